The summed E-state index contributed by atoms with van der Waals surface area (Å²) in [5, 5.41) is 9.66. The number of pyridine rings is 2. The number of nitriles is 1. The van der Waals surface area contributed by atoms with Crippen molar-refractivity contribution in [2.24, 2.45) is 0 Å². The van der Waals surface area contributed by atoms with Gasteiger partial charge in [0, 0.05) is 48.7 Å². The number of benzene rings is 1. The average molecular weight is 523 g/mol. The van der Waals surface area contributed by atoms with Crippen LogP contribution in [0.4, 0.5) is 5.82 Å². The van der Waals surface area contributed by atoms with Crippen molar-refractivity contribution in [3.8, 4) is 17.2 Å². The van der Waals surface area contributed by atoms with Crippen molar-refractivity contribution in [1.29, 1.82) is 5.26 Å². The van der Waals surface area contributed by atoms with E-state index in [-0.39, 0.29) is 11.9 Å². The molecule has 1 aliphatic rings. The van der Waals surface area contributed by atoms with Gasteiger partial charge in [-0.05, 0) is 107 Å². The second-order valence-electron chi connectivity index (χ2n) is 10.7. The second-order valence-corrected chi connectivity index (χ2v) is 10.7. The van der Waals surface area contributed by atoms with Crippen LogP contribution in [0.1, 0.15) is 71.0 Å². The first-order valence-electron chi connectivity index (χ1n) is 13.5. The van der Waals surface area contributed by atoms with Crippen molar-refractivity contribution >= 4 is 17.8 Å². The summed E-state index contributed by atoms with van der Waals surface area (Å²) in [6.07, 6.45) is 6.14. The van der Waals surface area contributed by atoms with Gasteiger partial charge in [-0.2, -0.15) is 5.26 Å². The van der Waals surface area contributed by atoms with E-state index in [4.69, 9.17) is 5.73 Å². The van der Waals surface area contributed by atoms with E-state index in [1.807, 2.05) is 31.2 Å². The highest BCUT2D eigenvalue weighted by molar-refractivity contribution is 5.94. The fraction of sp³-hybridized carbons (Fsp3) is 0.375. The Kier molecular flexibility index (Phi) is 8.47. The Balaban J connectivity index is 1.51. The lowest BCUT2D eigenvalue weighted by Gasteiger charge is -2.37. The maximum absolute atomic E-state index is 12.4. The van der Waals surface area contributed by atoms with Crippen LogP contribution >= 0.6 is 0 Å². The van der Waals surface area contributed by atoms with Crippen LogP contribution in [-0.4, -0.2) is 58.9 Å². The van der Waals surface area contributed by atoms with E-state index in [0.717, 1.165) is 53.9 Å². The highest BCUT2D eigenvalue weighted by Crippen LogP contribution is 2.34. The Morgan fingerprint density at radius 1 is 1.15 bits per heavy atom. The molecular weight excluding hydrogens is 484 g/mol. The second kappa shape index (κ2) is 11.8. The molecule has 202 valence electrons. The number of carbonyl (C=O) groups excluding carboxylic acids is 1. The van der Waals surface area contributed by atoms with E-state index in [9.17, 15) is 10.1 Å². The number of amides is 1. The summed E-state index contributed by atoms with van der Waals surface area (Å²) in [4.78, 5) is 25.3. The summed E-state index contributed by atoms with van der Waals surface area (Å²) in [6.45, 7) is 10.6. The largest absolute Gasteiger partial charge is 0.384 e. The molecule has 1 saturated heterocycles. The molecule has 0 radical (unpaired) electrons. The Bertz CT molecular complexity index is 1440. The van der Waals surface area contributed by atoms with Crippen LogP contribution < -0.4 is 5.73 Å². The summed E-state index contributed by atoms with van der Waals surface area (Å²) in [6, 6.07) is 14.1. The highest BCUT2D eigenvalue weighted by atomic mass is 16.2. The van der Waals surface area contributed by atoms with Crippen LogP contribution in [0.2, 0.25) is 0 Å². The van der Waals surface area contributed by atoms with Gasteiger partial charge in [0.05, 0.1) is 0 Å². The summed E-state index contributed by atoms with van der Waals surface area (Å²) < 4.78 is 0. The number of rotatable bonds is 6. The van der Waals surface area contributed by atoms with Crippen molar-refractivity contribution in [3.63, 3.8) is 0 Å². The Labute approximate surface area is 232 Å². The Morgan fingerprint density at radius 2 is 1.87 bits per heavy atom. The average Bonchev–Trinajstić information content (AvgIpc) is 2.93. The van der Waals surface area contributed by atoms with Crippen molar-refractivity contribution in [1.82, 2.24) is 19.8 Å². The molecule has 4 rings (SSSR count). The molecule has 3 aromatic rings. The van der Waals surface area contributed by atoms with E-state index in [2.05, 4.69) is 53.9 Å². The van der Waals surface area contributed by atoms with Crippen molar-refractivity contribution in [3.05, 3.63) is 81.8 Å². The first-order valence-corrected chi connectivity index (χ1v) is 13.5. The summed E-state index contributed by atoms with van der Waals surface area (Å²) in [7, 11) is 3.57. The zero-order chi connectivity index (χ0) is 28.3. The van der Waals surface area contributed by atoms with E-state index >= 15 is 0 Å². The highest BCUT2D eigenvalue weighted by Gasteiger charge is 2.26. The molecule has 0 aliphatic carbocycles. The molecule has 2 aromatic heterocycles. The molecule has 0 saturated carbocycles. The number of carbonyl (C=O) groups is 1. The fourth-order valence-electron chi connectivity index (χ4n) is 5.53. The SMILES string of the molecule is C/C(=C\c1c(-c2ccc(N)nc2C#N)ccnc1C)C(C)N1CCC(c2ccc(C(=O)N(C)C)cc2C)CC1. The first-order chi connectivity index (χ1) is 18.6. The van der Waals surface area contributed by atoms with Gasteiger partial charge in [0.25, 0.3) is 5.91 Å². The van der Waals surface area contributed by atoms with E-state index in [1.54, 1.807) is 31.3 Å². The number of likely N-dealkylation sites (tertiary alicyclic amines) is 1. The lowest BCUT2D eigenvalue weighted by atomic mass is 9.85. The predicted molar refractivity (Wildman–Crippen MR) is 157 cm³/mol. The Hall–Kier alpha value is -4.02. The molecule has 7 nitrogen and oxygen atoms in total. The van der Waals surface area contributed by atoms with Crippen LogP contribution in [-0.2, 0) is 0 Å². The number of hydrogen-bond donors (Lipinski definition) is 1. The molecule has 1 unspecified atom stereocenters. The van der Waals surface area contributed by atoms with Crippen LogP contribution in [0.15, 0.2) is 48.2 Å². The molecule has 1 fully saturated rings. The van der Waals surface area contributed by atoms with Crippen molar-refractivity contribution in [2.75, 3.05) is 32.9 Å². The zero-order valence-electron chi connectivity index (χ0n) is 23.8. The lowest BCUT2D eigenvalue weighted by Crippen LogP contribution is -2.40. The number of nitrogens with zero attached hydrogens (tertiary/aromatic N) is 5. The monoisotopic (exact) mass is 522 g/mol. The number of nitrogens with two attached hydrogens (primary N) is 1. The van der Waals surface area contributed by atoms with Crippen molar-refractivity contribution < 1.29 is 4.79 Å². The number of aryl methyl sites for hydroxylation is 2. The van der Waals surface area contributed by atoms with Gasteiger partial charge in [0.2, 0.25) is 0 Å². The lowest BCUT2D eigenvalue weighted by molar-refractivity contribution is 0.0827. The molecule has 3 heterocycles. The third kappa shape index (κ3) is 6.02. The van der Waals surface area contributed by atoms with Crippen molar-refractivity contribution in [2.45, 2.75) is 52.5 Å². The molecule has 1 atom stereocenters. The number of aromatic nitrogens is 2. The molecule has 1 aliphatic heterocycles. The normalized spacial score (nSPS) is 15.6. The molecule has 0 spiro atoms. The fourth-order valence-corrected chi connectivity index (χ4v) is 5.53. The smallest absolute Gasteiger partial charge is 0.253 e. The molecule has 7 heteroatoms. The summed E-state index contributed by atoms with van der Waals surface area (Å²) in [5.74, 6) is 0.870. The maximum Gasteiger partial charge on any atom is 0.253 e. The van der Waals surface area contributed by atoms with Gasteiger partial charge in [-0.3, -0.25) is 14.7 Å². The van der Waals surface area contributed by atoms with Crippen LogP contribution in [0, 0.1) is 25.2 Å². The van der Waals surface area contributed by atoms with Crippen LogP contribution in [0.5, 0.6) is 0 Å². The van der Waals surface area contributed by atoms with Gasteiger partial charge in [-0.25, -0.2) is 4.98 Å². The summed E-state index contributed by atoms with van der Waals surface area (Å²) >= 11 is 0. The number of nitrogen functional groups attached to an aromatic ring is 1. The van der Waals surface area contributed by atoms with Gasteiger partial charge in [-0.15, -0.1) is 0 Å². The van der Waals surface area contributed by atoms with Gasteiger partial charge < -0.3 is 10.6 Å². The molecule has 1 amide bonds. The van der Waals surface area contributed by atoms with Crippen LogP contribution in [0.25, 0.3) is 17.2 Å². The summed E-state index contributed by atoms with van der Waals surface area (Å²) in [5.41, 5.74) is 14.3. The number of piperidine rings is 1. The third-order valence-electron chi connectivity index (χ3n) is 7.97. The third-order valence-corrected chi connectivity index (χ3v) is 7.97. The Morgan fingerprint density at radius 3 is 2.51 bits per heavy atom. The molecular formula is C32H38N6O. The molecule has 0 bridgehead atoms. The first kappa shape index (κ1) is 28.0. The molecule has 2 N–H and O–H groups in total. The van der Waals surface area contributed by atoms with E-state index < -0.39 is 0 Å². The minimum Gasteiger partial charge on any atom is -0.384 e. The minimum absolute atomic E-state index is 0.0408. The van der Waals surface area contributed by atoms with E-state index in [1.165, 1.54) is 16.7 Å². The molecule has 1 aromatic carbocycles. The van der Waals surface area contributed by atoms with Gasteiger partial charge in [0.15, 0.2) is 5.69 Å². The van der Waals surface area contributed by atoms with E-state index in [0.29, 0.717) is 17.4 Å². The van der Waals surface area contributed by atoms with Gasteiger partial charge in [-0.1, -0.05) is 17.7 Å². The van der Waals surface area contributed by atoms with Gasteiger partial charge >= 0.3 is 0 Å². The topological polar surface area (TPSA) is 99.1 Å². The number of hydrogen-bond acceptors (Lipinski definition) is 6. The quantitative estimate of drug-likeness (QED) is 0.453. The number of anilines is 1. The maximum atomic E-state index is 12.4. The predicted octanol–water partition coefficient (Wildman–Crippen LogP) is 5.59. The van der Waals surface area contributed by atoms with Gasteiger partial charge in [0.1, 0.15) is 11.9 Å². The standard InChI is InChI=1S/C32H38N6O/c1-20(18-29-22(3)35-14-11-27(29)28-9-10-31(34)36-30(28)19-33)23(4)38-15-12-24(13-16-38)26-8-7-25(17-21(26)2)32(39)37(5)6/h7-11,14,17-18,23-24H,12-13,15-16H2,1-6H3,(H2,34,36)/b20-18+. The zero-order valence-corrected chi connectivity index (χ0v) is 23.8. The van der Waals surface area contributed by atoms with Crippen LogP contribution in [0.3, 0.4) is 0 Å². The molecule has 39 heavy (non-hydrogen) atoms. The minimum atomic E-state index is 0.0408.